The molecule has 0 aromatic heterocycles. The van der Waals surface area contributed by atoms with E-state index in [1.165, 1.54) is 34.9 Å². The van der Waals surface area contributed by atoms with Crippen molar-refractivity contribution < 1.29 is 13.2 Å². The van der Waals surface area contributed by atoms with Crippen LogP contribution in [0.3, 0.4) is 0 Å². The molecule has 0 spiro atoms. The molecule has 1 aromatic rings. The van der Waals surface area contributed by atoms with Crippen LogP contribution in [0, 0.1) is 0 Å². The number of nitrogens with zero attached hydrogens (tertiary/aromatic N) is 1. The predicted octanol–water partition coefficient (Wildman–Crippen LogP) is 3.50. The Morgan fingerprint density at radius 2 is 1.96 bits per heavy atom. The molecule has 1 aliphatic carbocycles. The number of rotatable bonds is 6. The van der Waals surface area contributed by atoms with Crippen LogP contribution in [0.15, 0.2) is 40.8 Å². The first-order valence-electron chi connectivity index (χ1n) is 9.21. The van der Waals surface area contributed by atoms with Crippen molar-refractivity contribution in [1.82, 2.24) is 9.62 Å². The summed E-state index contributed by atoms with van der Waals surface area (Å²) in [5.74, 6) is -0.198. The van der Waals surface area contributed by atoms with Crippen molar-refractivity contribution in [2.24, 2.45) is 0 Å². The number of hydrogen-bond acceptors (Lipinski definition) is 3. The molecule has 2 aliphatic rings. The summed E-state index contributed by atoms with van der Waals surface area (Å²) in [5, 5.41) is 3.41. The molecule has 1 atom stereocenters. The SMILES string of the molecule is O=C(NCCC1=CCCCC1)[C@H]1CCCN1S(=O)(=O)c1ccc(Cl)cc1. The normalized spacial score (nSPS) is 21.4. The van der Waals surface area contributed by atoms with Crippen molar-refractivity contribution in [3.8, 4) is 0 Å². The molecule has 1 fully saturated rings. The molecular formula is C19H25ClN2O3S. The maximum absolute atomic E-state index is 12.9. The summed E-state index contributed by atoms with van der Waals surface area (Å²) >= 11 is 5.84. The quantitative estimate of drug-likeness (QED) is 0.748. The standard InChI is InChI=1S/C19H25ClN2O3S/c20-16-8-10-17(11-9-16)26(24,25)22-14-4-7-18(22)19(23)21-13-12-15-5-2-1-3-6-15/h5,8-11,18H,1-4,6-7,12-14H2,(H,21,23)/t18-/m1/s1. The molecular weight excluding hydrogens is 372 g/mol. The number of allylic oxidation sites excluding steroid dienone is 1. The molecule has 1 aromatic carbocycles. The fourth-order valence-electron chi connectivity index (χ4n) is 3.63. The van der Waals surface area contributed by atoms with Crippen molar-refractivity contribution >= 4 is 27.5 Å². The smallest absolute Gasteiger partial charge is 0.243 e. The second-order valence-corrected chi connectivity index (χ2v) is 9.20. The number of sulfonamides is 1. The Morgan fingerprint density at radius 1 is 1.19 bits per heavy atom. The molecule has 1 amide bonds. The maximum Gasteiger partial charge on any atom is 0.243 e. The molecule has 1 heterocycles. The van der Waals surface area contributed by atoms with E-state index in [4.69, 9.17) is 11.6 Å². The van der Waals surface area contributed by atoms with E-state index in [-0.39, 0.29) is 10.8 Å². The lowest BCUT2D eigenvalue weighted by molar-refractivity contribution is -0.124. The van der Waals surface area contributed by atoms with Crippen LogP contribution in [0.1, 0.15) is 44.9 Å². The molecule has 3 rings (SSSR count). The lowest BCUT2D eigenvalue weighted by atomic mass is 9.97. The van der Waals surface area contributed by atoms with Crippen molar-refractivity contribution in [3.63, 3.8) is 0 Å². The second kappa shape index (κ2) is 8.55. The zero-order chi connectivity index (χ0) is 18.6. The van der Waals surface area contributed by atoms with Crippen LogP contribution in [0.2, 0.25) is 5.02 Å². The van der Waals surface area contributed by atoms with Crippen LogP contribution in [0.25, 0.3) is 0 Å². The van der Waals surface area contributed by atoms with Crippen LogP contribution in [-0.2, 0) is 14.8 Å². The average Bonchev–Trinajstić information content (AvgIpc) is 3.14. The summed E-state index contributed by atoms with van der Waals surface area (Å²) in [7, 11) is -3.69. The Bertz CT molecular complexity index is 774. The van der Waals surface area contributed by atoms with E-state index in [1.54, 1.807) is 12.1 Å². The lowest BCUT2D eigenvalue weighted by Crippen LogP contribution is -2.46. The van der Waals surface area contributed by atoms with Crippen LogP contribution in [-0.4, -0.2) is 37.8 Å². The molecule has 0 bridgehead atoms. The van der Waals surface area contributed by atoms with E-state index in [0.717, 1.165) is 19.3 Å². The number of benzene rings is 1. The Kier molecular flexibility index (Phi) is 6.37. The summed E-state index contributed by atoms with van der Waals surface area (Å²) in [6.45, 7) is 0.935. The highest BCUT2D eigenvalue weighted by atomic mass is 35.5. The zero-order valence-corrected chi connectivity index (χ0v) is 16.4. The van der Waals surface area contributed by atoms with E-state index < -0.39 is 16.1 Å². The molecule has 1 aliphatic heterocycles. The molecule has 142 valence electrons. The number of hydrogen-bond donors (Lipinski definition) is 1. The first kappa shape index (κ1) is 19.4. The number of nitrogens with one attached hydrogen (secondary N) is 1. The number of amides is 1. The van der Waals surface area contributed by atoms with Gasteiger partial charge in [-0.3, -0.25) is 4.79 Å². The van der Waals surface area contributed by atoms with E-state index in [9.17, 15) is 13.2 Å². The third kappa shape index (κ3) is 4.48. The van der Waals surface area contributed by atoms with Gasteiger partial charge in [0.15, 0.2) is 0 Å². The van der Waals surface area contributed by atoms with Gasteiger partial charge in [0, 0.05) is 18.1 Å². The molecule has 1 saturated heterocycles. The van der Waals surface area contributed by atoms with Gasteiger partial charge in [-0.05, 0) is 69.2 Å². The topological polar surface area (TPSA) is 66.5 Å². The summed E-state index contributed by atoms with van der Waals surface area (Å²) in [5.41, 5.74) is 1.40. The van der Waals surface area contributed by atoms with Gasteiger partial charge in [-0.25, -0.2) is 8.42 Å². The van der Waals surface area contributed by atoms with Gasteiger partial charge in [-0.1, -0.05) is 23.3 Å². The minimum absolute atomic E-state index is 0.175. The molecule has 0 radical (unpaired) electrons. The van der Waals surface area contributed by atoms with Gasteiger partial charge in [-0.15, -0.1) is 0 Å². The third-order valence-corrected chi connectivity index (χ3v) is 7.23. The molecule has 7 heteroatoms. The van der Waals surface area contributed by atoms with Gasteiger partial charge >= 0.3 is 0 Å². The molecule has 0 unspecified atom stereocenters. The molecule has 1 N–H and O–H groups in total. The minimum atomic E-state index is -3.69. The van der Waals surface area contributed by atoms with Crippen LogP contribution >= 0.6 is 11.6 Å². The highest BCUT2D eigenvalue weighted by Gasteiger charge is 2.39. The fourth-order valence-corrected chi connectivity index (χ4v) is 5.41. The fraction of sp³-hybridized carbons (Fsp3) is 0.526. The largest absolute Gasteiger partial charge is 0.354 e. The molecule has 0 saturated carbocycles. The summed E-state index contributed by atoms with van der Waals surface area (Å²) in [6, 6.07) is 5.45. The van der Waals surface area contributed by atoms with Crippen LogP contribution in [0.4, 0.5) is 0 Å². The van der Waals surface area contributed by atoms with Crippen LogP contribution in [0.5, 0.6) is 0 Å². The molecule has 26 heavy (non-hydrogen) atoms. The zero-order valence-electron chi connectivity index (χ0n) is 14.8. The lowest BCUT2D eigenvalue weighted by Gasteiger charge is -2.23. The van der Waals surface area contributed by atoms with Gasteiger partial charge in [0.2, 0.25) is 15.9 Å². The van der Waals surface area contributed by atoms with Gasteiger partial charge < -0.3 is 5.32 Å². The Labute approximate surface area is 160 Å². The highest BCUT2D eigenvalue weighted by molar-refractivity contribution is 7.89. The summed E-state index contributed by atoms with van der Waals surface area (Å²) in [6.07, 6.45) is 9.06. The molecule has 5 nitrogen and oxygen atoms in total. The van der Waals surface area contributed by atoms with Crippen molar-refractivity contribution in [2.75, 3.05) is 13.1 Å². The summed E-state index contributed by atoms with van der Waals surface area (Å²) in [4.78, 5) is 12.7. The Morgan fingerprint density at radius 3 is 2.65 bits per heavy atom. The average molecular weight is 397 g/mol. The van der Waals surface area contributed by atoms with Gasteiger partial charge in [0.1, 0.15) is 6.04 Å². The number of carbonyl (C=O) groups is 1. The van der Waals surface area contributed by atoms with Gasteiger partial charge in [0.05, 0.1) is 4.90 Å². The van der Waals surface area contributed by atoms with Gasteiger partial charge in [-0.2, -0.15) is 4.31 Å². The third-order valence-electron chi connectivity index (χ3n) is 5.06. The number of halogens is 1. The minimum Gasteiger partial charge on any atom is -0.354 e. The van der Waals surface area contributed by atoms with Crippen molar-refractivity contribution in [3.05, 3.63) is 40.9 Å². The first-order valence-corrected chi connectivity index (χ1v) is 11.0. The Balaban J connectivity index is 1.62. The van der Waals surface area contributed by atoms with E-state index in [2.05, 4.69) is 11.4 Å². The highest BCUT2D eigenvalue weighted by Crippen LogP contribution is 2.27. The van der Waals surface area contributed by atoms with Gasteiger partial charge in [0.25, 0.3) is 0 Å². The second-order valence-electron chi connectivity index (χ2n) is 6.88. The maximum atomic E-state index is 12.9. The Hall–Kier alpha value is -1.37. The van der Waals surface area contributed by atoms with E-state index >= 15 is 0 Å². The monoisotopic (exact) mass is 396 g/mol. The number of carbonyl (C=O) groups excluding carboxylic acids is 1. The predicted molar refractivity (Wildman–Crippen MR) is 103 cm³/mol. The summed E-state index contributed by atoms with van der Waals surface area (Å²) < 4.78 is 27.1. The van der Waals surface area contributed by atoms with E-state index in [0.29, 0.717) is 31.0 Å². The van der Waals surface area contributed by atoms with Crippen molar-refractivity contribution in [2.45, 2.75) is 55.9 Å². The first-order chi connectivity index (χ1) is 12.5. The van der Waals surface area contributed by atoms with Crippen molar-refractivity contribution in [1.29, 1.82) is 0 Å². The van der Waals surface area contributed by atoms with Crippen LogP contribution < -0.4 is 5.32 Å². The van der Waals surface area contributed by atoms with E-state index in [1.807, 2.05) is 0 Å².